The van der Waals surface area contributed by atoms with Gasteiger partial charge in [-0.2, -0.15) is 0 Å². The van der Waals surface area contributed by atoms with Crippen molar-refractivity contribution in [3.05, 3.63) is 29.3 Å². The van der Waals surface area contributed by atoms with E-state index in [0.717, 1.165) is 36.5 Å². The lowest BCUT2D eigenvalue weighted by Gasteiger charge is -2.26. The first-order valence-corrected chi connectivity index (χ1v) is 7.94. The van der Waals surface area contributed by atoms with Crippen LogP contribution in [0.25, 0.3) is 0 Å². The minimum absolute atomic E-state index is 0.108. The highest BCUT2D eigenvalue weighted by atomic mass is 16.5. The summed E-state index contributed by atoms with van der Waals surface area (Å²) in [5.74, 6) is 0.988. The number of ketones is 1. The van der Waals surface area contributed by atoms with Gasteiger partial charge >= 0.3 is 0 Å². The van der Waals surface area contributed by atoms with Crippen molar-refractivity contribution in [3.63, 3.8) is 0 Å². The van der Waals surface area contributed by atoms with Crippen LogP contribution in [0.3, 0.4) is 0 Å². The van der Waals surface area contributed by atoms with Crippen LogP contribution in [0.15, 0.2) is 18.2 Å². The normalized spacial score (nSPS) is 17.9. The lowest BCUT2D eigenvalue weighted by atomic mass is 9.82. The Labute approximate surface area is 128 Å². The van der Waals surface area contributed by atoms with Crippen LogP contribution < -0.4 is 4.74 Å². The van der Waals surface area contributed by atoms with E-state index in [2.05, 4.69) is 18.7 Å². The Bertz CT molecular complexity index is 506. The molecule has 1 aliphatic heterocycles. The van der Waals surface area contributed by atoms with Crippen molar-refractivity contribution < 1.29 is 9.53 Å². The number of rotatable bonds is 6. The van der Waals surface area contributed by atoms with Crippen molar-refractivity contribution in [3.8, 4) is 5.75 Å². The molecule has 3 heteroatoms. The van der Waals surface area contributed by atoms with Crippen molar-refractivity contribution in [1.82, 2.24) is 4.90 Å². The number of methoxy groups -OCH3 is 1. The SMILES string of the molecule is CCC1(CC)CCN(Cc2cc(C(C)=O)ccc2OC)C1. The Morgan fingerprint density at radius 1 is 1.33 bits per heavy atom. The monoisotopic (exact) mass is 289 g/mol. The Morgan fingerprint density at radius 3 is 2.57 bits per heavy atom. The first-order chi connectivity index (χ1) is 10.0. The summed E-state index contributed by atoms with van der Waals surface area (Å²) in [7, 11) is 1.69. The lowest BCUT2D eigenvalue weighted by molar-refractivity contribution is 0.101. The molecule has 0 spiro atoms. The van der Waals surface area contributed by atoms with Gasteiger partial charge in [-0.05, 0) is 56.3 Å². The van der Waals surface area contributed by atoms with E-state index in [1.807, 2.05) is 18.2 Å². The van der Waals surface area contributed by atoms with Gasteiger partial charge in [0.15, 0.2) is 5.78 Å². The highest BCUT2D eigenvalue weighted by Gasteiger charge is 2.34. The molecule has 0 atom stereocenters. The van der Waals surface area contributed by atoms with Gasteiger partial charge < -0.3 is 4.74 Å². The van der Waals surface area contributed by atoms with Crippen LogP contribution in [-0.4, -0.2) is 30.9 Å². The van der Waals surface area contributed by atoms with Crippen LogP contribution in [0.4, 0.5) is 0 Å². The van der Waals surface area contributed by atoms with E-state index < -0.39 is 0 Å². The third kappa shape index (κ3) is 3.46. The summed E-state index contributed by atoms with van der Waals surface area (Å²) in [6.45, 7) is 9.35. The third-order valence-corrected chi connectivity index (χ3v) is 5.10. The number of hydrogen-bond donors (Lipinski definition) is 0. The van der Waals surface area contributed by atoms with Gasteiger partial charge in [-0.1, -0.05) is 13.8 Å². The molecule has 21 heavy (non-hydrogen) atoms. The highest BCUT2D eigenvalue weighted by Crippen LogP contribution is 2.38. The second kappa shape index (κ2) is 6.61. The van der Waals surface area contributed by atoms with Gasteiger partial charge in [0.2, 0.25) is 0 Å². The summed E-state index contributed by atoms with van der Waals surface area (Å²) < 4.78 is 5.46. The van der Waals surface area contributed by atoms with Crippen molar-refractivity contribution in [1.29, 1.82) is 0 Å². The summed E-state index contributed by atoms with van der Waals surface area (Å²) in [6, 6.07) is 5.74. The number of benzene rings is 1. The minimum Gasteiger partial charge on any atom is -0.496 e. The molecule has 0 N–H and O–H groups in total. The average molecular weight is 289 g/mol. The molecule has 1 saturated heterocycles. The average Bonchev–Trinajstić information content (AvgIpc) is 2.91. The van der Waals surface area contributed by atoms with E-state index in [4.69, 9.17) is 4.74 Å². The largest absolute Gasteiger partial charge is 0.496 e. The van der Waals surface area contributed by atoms with Crippen molar-refractivity contribution in [2.24, 2.45) is 5.41 Å². The fourth-order valence-electron chi connectivity index (χ4n) is 3.35. The molecule has 0 bridgehead atoms. The summed E-state index contributed by atoms with van der Waals surface area (Å²) in [5.41, 5.74) is 2.36. The fourth-order valence-corrected chi connectivity index (χ4v) is 3.35. The third-order valence-electron chi connectivity index (χ3n) is 5.10. The molecule has 0 aliphatic carbocycles. The van der Waals surface area contributed by atoms with Crippen LogP contribution in [-0.2, 0) is 6.54 Å². The van der Waals surface area contributed by atoms with Crippen LogP contribution in [0, 0.1) is 5.41 Å². The lowest BCUT2D eigenvalue weighted by Crippen LogP contribution is -2.26. The van der Waals surface area contributed by atoms with Crippen LogP contribution in [0.1, 0.15) is 56.0 Å². The molecule has 1 heterocycles. The molecule has 116 valence electrons. The van der Waals surface area contributed by atoms with Gasteiger partial charge in [0.05, 0.1) is 7.11 Å². The fraction of sp³-hybridized carbons (Fsp3) is 0.611. The Hall–Kier alpha value is -1.35. The second-order valence-electron chi connectivity index (χ2n) is 6.25. The Morgan fingerprint density at radius 2 is 2.05 bits per heavy atom. The second-order valence-corrected chi connectivity index (χ2v) is 6.25. The van der Waals surface area contributed by atoms with Gasteiger partial charge in [-0.15, -0.1) is 0 Å². The zero-order valence-electron chi connectivity index (χ0n) is 13.7. The summed E-state index contributed by atoms with van der Waals surface area (Å²) in [4.78, 5) is 14.1. The van der Waals surface area contributed by atoms with E-state index in [1.165, 1.54) is 19.3 Å². The molecule has 0 saturated carbocycles. The molecule has 2 rings (SSSR count). The molecule has 1 aromatic carbocycles. The summed E-state index contributed by atoms with van der Waals surface area (Å²) in [6.07, 6.45) is 3.75. The number of carbonyl (C=O) groups is 1. The van der Waals surface area contributed by atoms with Gasteiger partial charge in [0.25, 0.3) is 0 Å². The van der Waals surface area contributed by atoms with Crippen LogP contribution >= 0.6 is 0 Å². The topological polar surface area (TPSA) is 29.5 Å². The number of carbonyl (C=O) groups excluding carboxylic acids is 1. The van der Waals surface area contributed by atoms with E-state index >= 15 is 0 Å². The predicted octanol–water partition coefficient (Wildman–Crippen LogP) is 3.91. The minimum atomic E-state index is 0.108. The zero-order valence-corrected chi connectivity index (χ0v) is 13.7. The molecule has 0 radical (unpaired) electrons. The summed E-state index contributed by atoms with van der Waals surface area (Å²) >= 11 is 0. The molecule has 0 amide bonds. The van der Waals surface area contributed by atoms with Gasteiger partial charge in [-0.25, -0.2) is 0 Å². The van der Waals surface area contributed by atoms with Gasteiger partial charge in [-0.3, -0.25) is 9.69 Å². The zero-order chi connectivity index (χ0) is 15.5. The van der Waals surface area contributed by atoms with Gasteiger partial charge in [0, 0.05) is 24.2 Å². The molecular formula is C18H27NO2. The van der Waals surface area contributed by atoms with E-state index in [-0.39, 0.29) is 5.78 Å². The smallest absolute Gasteiger partial charge is 0.159 e. The van der Waals surface area contributed by atoms with E-state index in [0.29, 0.717) is 5.41 Å². The molecule has 0 unspecified atom stereocenters. The molecule has 1 aliphatic rings. The van der Waals surface area contributed by atoms with Crippen molar-refractivity contribution >= 4 is 5.78 Å². The maximum Gasteiger partial charge on any atom is 0.159 e. The van der Waals surface area contributed by atoms with E-state index in [1.54, 1.807) is 14.0 Å². The number of nitrogens with zero attached hydrogens (tertiary/aromatic N) is 1. The Kier molecular flexibility index (Phi) is 5.04. The molecular weight excluding hydrogens is 262 g/mol. The molecule has 3 nitrogen and oxygen atoms in total. The predicted molar refractivity (Wildman–Crippen MR) is 85.9 cm³/mol. The standard InChI is InChI=1S/C18H27NO2/c1-5-18(6-2)9-10-19(13-18)12-16-11-15(14(3)20)7-8-17(16)21-4/h7-8,11H,5-6,9-10,12-13H2,1-4H3. The first kappa shape index (κ1) is 16.0. The number of ether oxygens (including phenoxy) is 1. The summed E-state index contributed by atoms with van der Waals surface area (Å²) in [5, 5.41) is 0. The van der Waals surface area contributed by atoms with Crippen LogP contribution in [0.2, 0.25) is 0 Å². The van der Waals surface area contributed by atoms with Gasteiger partial charge in [0.1, 0.15) is 5.75 Å². The van der Waals surface area contributed by atoms with Crippen LogP contribution in [0.5, 0.6) is 5.75 Å². The number of Topliss-reactive ketones (excluding diaryl/α,β-unsaturated/α-hetero) is 1. The van der Waals surface area contributed by atoms with Crippen molar-refractivity contribution in [2.45, 2.75) is 46.6 Å². The highest BCUT2D eigenvalue weighted by molar-refractivity contribution is 5.94. The maximum atomic E-state index is 11.6. The molecule has 0 aromatic heterocycles. The van der Waals surface area contributed by atoms with Crippen molar-refractivity contribution in [2.75, 3.05) is 20.2 Å². The number of likely N-dealkylation sites (tertiary alicyclic amines) is 1. The maximum absolute atomic E-state index is 11.6. The number of hydrogen-bond acceptors (Lipinski definition) is 3. The Balaban J connectivity index is 2.16. The quantitative estimate of drug-likeness (QED) is 0.744. The molecule has 1 fully saturated rings. The first-order valence-electron chi connectivity index (χ1n) is 7.94. The van der Waals surface area contributed by atoms with E-state index in [9.17, 15) is 4.79 Å². The molecule has 1 aromatic rings.